The maximum absolute atomic E-state index is 12.5. The molecule has 0 aromatic heterocycles. The predicted molar refractivity (Wildman–Crippen MR) is 105 cm³/mol. The predicted octanol–water partition coefficient (Wildman–Crippen LogP) is 3.86. The minimum Gasteiger partial charge on any atom is -0.497 e. The molecule has 0 radical (unpaired) electrons. The number of hydrogen-bond donors (Lipinski definition) is 1. The minimum absolute atomic E-state index is 0.126. The summed E-state index contributed by atoms with van der Waals surface area (Å²) in [5.41, 5.74) is 2.46. The Hall–Kier alpha value is -3.08. The van der Waals surface area contributed by atoms with E-state index in [1.54, 1.807) is 7.11 Å². The van der Waals surface area contributed by atoms with E-state index in [2.05, 4.69) is 11.9 Å². The van der Waals surface area contributed by atoms with Crippen LogP contribution >= 0.6 is 0 Å². The fraction of sp³-hybridized carbons (Fsp3) is 0.273. The van der Waals surface area contributed by atoms with Crippen LogP contribution in [0.1, 0.15) is 24.5 Å². The van der Waals surface area contributed by atoms with Crippen LogP contribution in [0.3, 0.4) is 0 Å². The first-order chi connectivity index (χ1) is 13.0. The van der Waals surface area contributed by atoms with Crippen molar-refractivity contribution in [3.05, 3.63) is 72.3 Å². The van der Waals surface area contributed by atoms with Crippen molar-refractivity contribution in [2.75, 3.05) is 7.11 Å². The SMILES string of the molecule is C=C(NC(=O)N1C(=O)[C@H](CCc2ccc(OC)cc2)C1C)c1ccccc1. The molecule has 1 aliphatic rings. The van der Waals surface area contributed by atoms with E-state index >= 15 is 0 Å². The largest absolute Gasteiger partial charge is 0.497 e. The van der Waals surface area contributed by atoms with Crippen LogP contribution < -0.4 is 10.1 Å². The molecule has 27 heavy (non-hydrogen) atoms. The Bertz CT molecular complexity index is 830. The number of carbonyl (C=O) groups is 2. The van der Waals surface area contributed by atoms with Crippen molar-refractivity contribution < 1.29 is 14.3 Å². The number of urea groups is 1. The molecule has 1 unspecified atom stereocenters. The molecule has 140 valence electrons. The number of amides is 3. The number of benzene rings is 2. The van der Waals surface area contributed by atoms with Crippen LogP contribution in [-0.4, -0.2) is 30.0 Å². The summed E-state index contributed by atoms with van der Waals surface area (Å²) < 4.78 is 5.15. The van der Waals surface area contributed by atoms with Gasteiger partial charge in [0.2, 0.25) is 5.91 Å². The van der Waals surface area contributed by atoms with Crippen molar-refractivity contribution in [2.24, 2.45) is 5.92 Å². The van der Waals surface area contributed by atoms with Gasteiger partial charge in [-0.1, -0.05) is 49.0 Å². The average Bonchev–Trinajstić information content (AvgIpc) is 2.69. The van der Waals surface area contributed by atoms with Crippen LogP contribution in [0.15, 0.2) is 61.2 Å². The van der Waals surface area contributed by atoms with Crippen molar-refractivity contribution >= 4 is 17.6 Å². The summed E-state index contributed by atoms with van der Waals surface area (Å²) in [6, 6.07) is 16.7. The maximum Gasteiger partial charge on any atom is 0.328 e. The number of rotatable bonds is 6. The third kappa shape index (κ3) is 4.03. The minimum atomic E-state index is -0.415. The third-order valence-corrected chi connectivity index (χ3v) is 5.05. The van der Waals surface area contributed by atoms with Gasteiger partial charge in [-0.15, -0.1) is 0 Å². The van der Waals surface area contributed by atoms with Gasteiger partial charge in [-0.2, -0.15) is 0 Å². The van der Waals surface area contributed by atoms with Crippen LogP contribution in [-0.2, 0) is 11.2 Å². The number of hydrogen-bond acceptors (Lipinski definition) is 3. The maximum atomic E-state index is 12.5. The van der Waals surface area contributed by atoms with Crippen molar-refractivity contribution in [3.63, 3.8) is 0 Å². The van der Waals surface area contributed by atoms with Crippen LogP contribution in [0, 0.1) is 5.92 Å². The molecule has 0 aliphatic carbocycles. The lowest BCUT2D eigenvalue weighted by atomic mass is 9.84. The van der Waals surface area contributed by atoms with Crippen molar-refractivity contribution in [3.8, 4) is 5.75 Å². The zero-order valence-corrected chi connectivity index (χ0v) is 15.6. The monoisotopic (exact) mass is 364 g/mol. The van der Waals surface area contributed by atoms with Crippen molar-refractivity contribution in [2.45, 2.75) is 25.8 Å². The van der Waals surface area contributed by atoms with E-state index in [1.807, 2.05) is 61.5 Å². The molecule has 1 N–H and O–H groups in total. The standard InChI is InChI=1S/C22H24N2O3/c1-15(18-7-5-4-6-8-18)23-22(26)24-16(2)20(21(24)25)14-11-17-9-12-19(27-3)13-10-17/h4-10,12-13,16,20H,1,11,14H2,2-3H3,(H,23,26)/t16?,20-/m1/s1. The Balaban J connectivity index is 1.53. The molecular weight excluding hydrogens is 340 g/mol. The molecule has 1 aliphatic heterocycles. The molecule has 3 rings (SSSR count). The summed E-state index contributed by atoms with van der Waals surface area (Å²) in [4.78, 5) is 26.2. The average molecular weight is 364 g/mol. The van der Waals surface area contributed by atoms with Crippen molar-refractivity contribution in [1.29, 1.82) is 0 Å². The highest BCUT2D eigenvalue weighted by Gasteiger charge is 2.47. The van der Waals surface area contributed by atoms with E-state index < -0.39 is 6.03 Å². The second kappa shape index (κ2) is 8.08. The second-order valence-corrected chi connectivity index (χ2v) is 6.72. The van der Waals surface area contributed by atoms with E-state index in [0.717, 1.165) is 29.7 Å². The molecule has 2 aromatic carbocycles. The number of ether oxygens (including phenoxy) is 1. The highest BCUT2D eigenvalue weighted by Crippen LogP contribution is 2.31. The van der Waals surface area contributed by atoms with Gasteiger partial charge in [0.1, 0.15) is 5.75 Å². The number of nitrogens with zero attached hydrogens (tertiary/aromatic N) is 1. The smallest absolute Gasteiger partial charge is 0.328 e. The Morgan fingerprint density at radius 3 is 2.41 bits per heavy atom. The van der Waals surface area contributed by atoms with E-state index in [0.29, 0.717) is 5.70 Å². The van der Waals surface area contributed by atoms with E-state index in [1.165, 1.54) is 4.90 Å². The van der Waals surface area contributed by atoms with Gasteiger partial charge in [0, 0.05) is 5.70 Å². The summed E-state index contributed by atoms with van der Waals surface area (Å²) >= 11 is 0. The number of aryl methyl sites for hydroxylation is 1. The normalized spacial score (nSPS) is 18.6. The number of carbonyl (C=O) groups excluding carboxylic acids is 2. The van der Waals surface area contributed by atoms with Crippen LogP contribution in [0.4, 0.5) is 4.79 Å². The van der Waals surface area contributed by atoms with Gasteiger partial charge >= 0.3 is 6.03 Å². The Labute approximate surface area is 159 Å². The van der Waals surface area contributed by atoms with Crippen molar-refractivity contribution in [1.82, 2.24) is 10.2 Å². The molecule has 5 nitrogen and oxygen atoms in total. The summed E-state index contributed by atoms with van der Waals surface area (Å²) in [7, 11) is 1.63. The van der Waals surface area contributed by atoms with E-state index in [4.69, 9.17) is 4.74 Å². The molecular formula is C22H24N2O3. The highest BCUT2D eigenvalue weighted by atomic mass is 16.5. The molecule has 1 fully saturated rings. The molecule has 2 atom stereocenters. The molecule has 1 saturated heterocycles. The van der Waals surface area contributed by atoms with Gasteiger partial charge in [-0.05, 0) is 43.0 Å². The van der Waals surface area contributed by atoms with Gasteiger partial charge < -0.3 is 10.1 Å². The molecule has 0 saturated carbocycles. The quantitative estimate of drug-likeness (QED) is 0.792. The van der Waals surface area contributed by atoms with Gasteiger partial charge in [-0.25, -0.2) is 4.79 Å². The van der Waals surface area contributed by atoms with Gasteiger partial charge in [0.15, 0.2) is 0 Å². The van der Waals surface area contributed by atoms with E-state index in [-0.39, 0.29) is 17.9 Å². The lowest BCUT2D eigenvalue weighted by Crippen LogP contribution is -2.63. The topological polar surface area (TPSA) is 58.6 Å². The summed E-state index contributed by atoms with van der Waals surface area (Å²) in [5.74, 6) is 0.547. The number of imide groups is 1. The fourth-order valence-corrected chi connectivity index (χ4v) is 3.35. The van der Waals surface area contributed by atoms with Gasteiger partial charge in [0.05, 0.1) is 19.1 Å². The zero-order valence-electron chi connectivity index (χ0n) is 15.6. The lowest BCUT2D eigenvalue weighted by Gasteiger charge is -2.43. The Morgan fingerprint density at radius 2 is 1.81 bits per heavy atom. The highest BCUT2D eigenvalue weighted by molar-refractivity contribution is 6.03. The molecule has 5 heteroatoms. The fourth-order valence-electron chi connectivity index (χ4n) is 3.35. The number of methoxy groups -OCH3 is 1. The Kier molecular flexibility index (Phi) is 5.60. The third-order valence-electron chi connectivity index (χ3n) is 5.05. The Morgan fingerprint density at radius 1 is 1.15 bits per heavy atom. The second-order valence-electron chi connectivity index (χ2n) is 6.72. The molecule has 2 aromatic rings. The van der Waals surface area contributed by atoms with Gasteiger partial charge in [-0.3, -0.25) is 9.69 Å². The number of β-lactam (4-membered cyclic amide) rings is 1. The summed E-state index contributed by atoms with van der Waals surface area (Å²) in [6.45, 7) is 5.79. The number of nitrogens with one attached hydrogen (secondary N) is 1. The summed E-state index contributed by atoms with van der Waals surface area (Å²) in [5, 5.41) is 2.72. The van der Waals surface area contributed by atoms with Crippen LogP contribution in [0.25, 0.3) is 5.70 Å². The molecule has 0 bridgehead atoms. The van der Waals surface area contributed by atoms with Crippen LogP contribution in [0.5, 0.6) is 5.75 Å². The van der Waals surface area contributed by atoms with Gasteiger partial charge in [0.25, 0.3) is 0 Å². The number of likely N-dealkylation sites (tertiary alicyclic amines) is 1. The first kappa shape index (κ1) is 18.7. The first-order valence-electron chi connectivity index (χ1n) is 9.02. The molecule has 0 spiro atoms. The zero-order chi connectivity index (χ0) is 19.4. The van der Waals surface area contributed by atoms with Crippen LogP contribution in [0.2, 0.25) is 0 Å². The molecule has 1 heterocycles. The van der Waals surface area contributed by atoms with E-state index in [9.17, 15) is 9.59 Å². The summed E-state index contributed by atoms with van der Waals surface area (Å²) in [6.07, 6.45) is 1.51. The lowest BCUT2D eigenvalue weighted by molar-refractivity contribution is -0.149. The molecule has 3 amide bonds. The first-order valence-corrected chi connectivity index (χ1v) is 9.02.